The molecule has 2 amide bonds. The molecule has 0 radical (unpaired) electrons. The van der Waals surface area contributed by atoms with Crippen molar-refractivity contribution >= 4 is 35.2 Å². The number of rotatable bonds is 10. The van der Waals surface area contributed by atoms with Crippen molar-refractivity contribution in [2.75, 3.05) is 12.3 Å². The SMILES string of the molecule is CCCNC(=O)[C@@H](C)N(Cc1ccccc1C)C(=O)CCSc1ccc(Cl)cc1. The molecule has 0 fully saturated rings. The lowest BCUT2D eigenvalue weighted by Gasteiger charge is -2.29. The Morgan fingerprint density at radius 1 is 1.14 bits per heavy atom. The Bertz CT molecular complexity index is 811. The first-order chi connectivity index (χ1) is 13.9. The van der Waals surface area contributed by atoms with Gasteiger partial charge in [0.25, 0.3) is 0 Å². The molecule has 2 aromatic rings. The Morgan fingerprint density at radius 3 is 2.48 bits per heavy atom. The number of thioether (sulfide) groups is 1. The van der Waals surface area contributed by atoms with Gasteiger partial charge in [-0.05, 0) is 55.7 Å². The van der Waals surface area contributed by atoms with Crippen molar-refractivity contribution in [1.29, 1.82) is 0 Å². The lowest BCUT2D eigenvalue weighted by molar-refractivity contribution is -0.140. The number of benzene rings is 2. The van der Waals surface area contributed by atoms with Gasteiger partial charge in [0, 0.05) is 35.2 Å². The Hall–Kier alpha value is -1.98. The zero-order chi connectivity index (χ0) is 21.2. The van der Waals surface area contributed by atoms with Gasteiger partial charge >= 0.3 is 0 Å². The average Bonchev–Trinajstić information content (AvgIpc) is 2.72. The van der Waals surface area contributed by atoms with Crippen LogP contribution in [0.15, 0.2) is 53.4 Å². The van der Waals surface area contributed by atoms with E-state index in [2.05, 4.69) is 5.32 Å². The molecule has 1 atom stereocenters. The number of nitrogens with one attached hydrogen (secondary N) is 1. The number of hydrogen-bond acceptors (Lipinski definition) is 3. The summed E-state index contributed by atoms with van der Waals surface area (Å²) in [7, 11) is 0. The maximum atomic E-state index is 13.0. The van der Waals surface area contributed by atoms with Gasteiger partial charge in [0.1, 0.15) is 6.04 Å². The van der Waals surface area contributed by atoms with Crippen LogP contribution < -0.4 is 5.32 Å². The molecule has 0 aliphatic carbocycles. The van der Waals surface area contributed by atoms with Crippen LogP contribution in [0.1, 0.15) is 37.8 Å². The van der Waals surface area contributed by atoms with Gasteiger partial charge < -0.3 is 10.2 Å². The van der Waals surface area contributed by atoms with Crippen LogP contribution in [0.5, 0.6) is 0 Å². The Kier molecular flexibility index (Phi) is 9.55. The molecule has 29 heavy (non-hydrogen) atoms. The Balaban J connectivity index is 2.05. The number of halogens is 1. The number of carbonyl (C=O) groups is 2. The molecule has 1 N–H and O–H groups in total. The molecule has 0 saturated heterocycles. The normalized spacial score (nSPS) is 11.7. The molecule has 0 aliphatic rings. The number of aryl methyl sites for hydroxylation is 1. The number of carbonyl (C=O) groups excluding carboxylic acids is 2. The van der Waals surface area contributed by atoms with E-state index in [1.54, 1.807) is 23.6 Å². The third kappa shape index (κ3) is 7.41. The lowest BCUT2D eigenvalue weighted by atomic mass is 10.1. The highest BCUT2D eigenvalue weighted by atomic mass is 35.5. The predicted molar refractivity (Wildman–Crippen MR) is 121 cm³/mol. The van der Waals surface area contributed by atoms with Crippen molar-refractivity contribution < 1.29 is 9.59 Å². The highest BCUT2D eigenvalue weighted by Crippen LogP contribution is 2.22. The number of hydrogen-bond donors (Lipinski definition) is 1. The van der Waals surface area contributed by atoms with Crippen molar-refractivity contribution in [2.45, 2.75) is 51.1 Å². The first kappa shape index (κ1) is 23.3. The van der Waals surface area contributed by atoms with Gasteiger partial charge in [0.15, 0.2) is 0 Å². The zero-order valence-electron chi connectivity index (χ0n) is 17.3. The van der Waals surface area contributed by atoms with E-state index < -0.39 is 6.04 Å². The summed E-state index contributed by atoms with van der Waals surface area (Å²) in [6.45, 7) is 6.87. The van der Waals surface area contributed by atoms with Gasteiger partial charge in [0.05, 0.1) is 0 Å². The van der Waals surface area contributed by atoms with Gasteiger partial charge in [-0.2, -0.15) is 0 Å². The average molecular weight is 433 g/mol. The van der Waals surface area contributed by atoms with E-state index in [9.17, 15) is 9.59 Å². The van der Waals surface area contributed by atoms with Crippen LogP contribution in [-0.4, -0.2) is 35.1 Å². The first-order valence-corrected chi connectivity index (χ1v) is 11.3. The van der Waals surface area contributed by atoms with Crippen LogP contribution in [0.4, 0.5) is 0 Å². The Labute approximate surface area is 183 Å². The fourth-order valence-corrected chi connectivity index (χ4v) is 3.85. The van der Waals surface area contributed by atoms with E-state index in [1.807, 2.05) is 62.4 Å². The van der Waals surface area contributed by atoms with Gasteiger partial charge in [-0.1, -0.05) is 42.8 Å². The minimum absolute atomic E-state index is 0.0196. The third-order valence-electron chi connectivity index (χ3n) is 4.72. The van der Waals surface area contributed by atoms with Crippen LogP contribution in [0.25, 0.3) is 0 Å². The summed E-state index contributed by atoms with van der Waals surface area (Å²) in [5.41, 5.74) is 2.17. The molecule has 0 heterocycles. The van der Waals surface area contributed by atoms with E-state index in [-0.39, 0.29) is 11.8 Å². The molecular formula is C23H29ClN2O2S. The van der Waals surface area contributed by atoms with Gasteiger partial charge in [0.2, 0.25) is 11.8 Å². The monoisotopic (exact) mass is 432 g/mol. The van der Waals surface area contributed by atoms with Crippen molar-refractivity contribution in [3.8, 4) is 0 Å². The van der Waals surface area contributed by atoms with E-state index in [0.29, 0.717) is 30.3 Å². The van der Waals surface area contributed by atoms with E-state index >= 15 is 0 Å². The molecule has 0 unspecified atom stereocenters. The molecule has 156 valence electrons. The van der Waals surface area contributed by atoms with Crippen LogP contribution in [0, 0.1) is 6.92 Å². The zero-order valence-corrected chi connectivity index (χ0v) is 18.9. The summed E-state index contributed by atoms with van der Waals surface area (Å²) < 4.78 is 0. The first-order valence-electron chi connectivity index (χ1n) is 9.92. The minimum Gasteiger partial charge on any atom is -0.354 e. The van der Waals surface area contributed by atoms with Gasteiger partial charge in [-0.25, -0.2) is 0 Å². The largest absolute Gasteiger partial charge is 0.354 e. The quantitative estimate of drug-likeness (QED) is 0.533. The predicted octanol–water partition coefficient (Wildman–Crippen LogP) is 5.07. The fraction of sp³-hybridized carbons (Fsp3) is 0.391. The maximum absolute atomic E-state index is 13.0. The summed E-state index contributed by atoms with van der Waals surface area (Å²) >= 11 is 7.53. The fourth-order valence-electron chi connectivity index (χ4n) is 2.88. The smallest absolute Gasteiger partial charge is 0.242 e. The second kappa shape index (κ2) is 11.9. The van der Waals surface area contributed by atoms with E-state index in [1.165, 1.54) is 0 Å². The molecule has 0 bridgehead atoms. The second-order valence-electron chi connectivity index (χ2n) is 6.97. The highest BCUT2D eigenvalue weighted by Gasteiger charge is 2.26. The molecule has 0 saturated carbocycles. The van der Waals surface area contributed by atoms with Gasteiger partial charge in [-0.15, -0.1) is 11.8 Å². The van der Waals surface area contributed by atoms with Crippen LogP contribution in [0.2, 0.25) is 5.02 Å². The highest BCUT2D eigenvalue weighted by molar-refractivity contribution is 7.99. The summed E-state index contributed by atoms with van der Waals surface area (Å²) in [4.78, 5) is 28.3. The molecule has 6 heteroatoms. The summed E-state index contributed by atoms with van der Waals surface area (Å²) in [6.07, 6.45) is 1.23. The van der Waals surface area contributed by atoms with E-state index in [4.69, 9.17) is 11.6 Å². The molecular weight excluding hydrogens is 404 g/mol. The van der Waals surface area contributed by atoms with Crippen molar-refractivity contribution in [3.05, 3.63) is 64.7 Å². The second-order valence-corrected chi connectivity index (χ2v) is 8.57. The van der Waals surface area contributed by atoms with Crippen molar-refractivity contribution in [3.63, 3.8) is 0 Å². The van der Waals surface area contributed by atoms with Crippen LogP contribution in [0.3, 0.4) is 0 Å². The number of nitrogens with zero attached hydrogens (tertiary/aromatic N) is 1. The van der Waals surface area contributed by atoms with Crippen molar-refractivity contribution in [2.24, 2.45) is 0 Å². The standard InChI is InChI=1S/C23H29ClN2O2S/c1-4-14-25-23(28)18(3)26(16-19-8-6-5-7-17(19)2)22(27)13-15-29-21-11-9-20(24)10-12-21/h5-12,18H,4,13-16H2,1-3H3,(H,25,28)/t18-/m1/s1. The maximum Gasteiger partial charge on any atom is 0.242 e. The Morgan fingerprint density at radius 2 is 1.83 bits per heavy atom. The van der Waals surface area contributed by atoms with Crippen LogP contribution in [-0.2, 0) is 16.1 Å². The topological polar surface area (TPSA) is 49.4 Å². The molecule has 4 nitrogen and oxygen atoms in total. The van der Waals surface area contributed by atoms with Gasteiger partial charge in [-0.3, -0.25) is 9.59 Å². The molecule has 0 aliphatic heterocycles. The molecule has 0 aromatic heterocycles. The number of amides is 2. The van der Waals surface area contributed by atoms with Crippen molar-refractivity contribution in [1.82, 2.24) is 10.2 Å². The minimum atomic E-state index is -0.519. The molecule has 2 aromatic carbocycles. The lowest BCUT2D eigenvalue weighted by Crippen LogP contribution is -2.47. The molecule has 0 spiro atoms. The van der Waals surface area contributed by atoms with E-state index in [0.717, 1.165) is 22.4 Å². The summed E-state index contributed by atoms with van der Waals surface area (Å²) in [6, 6.07) is 15.0. The summed E-state index contributed by atoms with van der Waals surface area (Å²) in [5, 5.41) is 3.60. The molecule has 2 rings (SSSR count). The van der Waals surface area contributed by atoms with Crippen LogP contribution >= 0.6 is 23.4 Å². The third-order valence-corrected chi connectivity index (χ3v) is 5.98. The summed E-state index contributed by atoms with van der Waals surface area (Å²) in [5.74, 6) is 0.515.